The highest BCUT2D eigenvalue weighted by Gasteiger charge is 2.35. The van der Waals surface area contributed by atoms with Gasteiger partial charge in [0.2, 0.25) is 5.82 Å². The first kappa shape index (κ1) is 17.0. The van der Waals surface area contributed by atoms with E-state index in [-0.39, 0.29) is 17.9 Å². The minimum absolute atomic E-state index is 0.0885. The van der Waals surface area contributed by atoms with Gasteiger partial charge in [-0.1, -0.05) is 47.6 Å². The molecule has 0 saturated carbocycles. The molecule has 5 nitrogen and oxygen atoms in total. The molecule has 0 aliphatic heterocycles. The highest BCUT2D eigenvalue weighted by molar-refractivity contribution is 5.89. The molecule has 4 rings (SSSR count). The number of anilines is 1. The second-order valence-corrected chi connectivity index (χ2v) is 5.81. The maximum Gasteiger partial charge on any atom is 0.451 e. The average Bonchev–Trinajstić information content (AvgIpc) is 3.15. The van der Waals surface area contributed by atoms with Gasteiger partial charge in [-0.25, -0.2) is 9.97 Å². The van der Waals surface area contributed by atoms with Crippen LogP contribution in [-0.2, 0) is 12.7 Å². The predicted octanol–water partition coefficient (Wildman–Crippen LogP) is 4.92. The Kier molecular flexibility index (Phi) is 4.23. The summed E-state index contributed by atoms with van der Waals surface area (Å²) in [5.41, 5.74) is 1.75. The third kappa shape index (κ3) is 3.59. The zero-order valence-corrected chi connectivity index (χ0v) is 13.9. The topological polar surface area (TPSA) is 63.8 Å². The molecule has 0 saturated heterocycles. The Hall–Kier alpha value is -3.42. The lowest BCUT2D eigenvalue weighted by molar-refractivity contribution is -0.144. The van der Waals surface area contributed by atoms with Crippen LogP contribution in [0.15, 0.2) is 65.2 Å². The molecule has 2 aromatic heterocycles. The van der Waals surface area contributed by atoms with Gasteiger partial charge in [0.15, 0.2) is 5.76 Å². The Morgan fingerprint density at radius 2 is 1.67 bits per heavy atom. The fraction of sp³-hybridized carbons (Fsp3) is 0.105. The van der Waals surface area contributed by atoms with Crippen LogP contribution in [0, 0.1) is 0 Å². The van der Waals surface area contributed by atoms with Crippen LogP contribution in [-0.4, -0.2) is 15.1 Å². The van der Waals surface area contributed by atoms with Crippen molar-refractivity contribution < 1.29 is 17.7 Å². The third-order valence-corrected chi connectivity index (χ3v) is 3.92. The van der Waals surface area contributed by atoms with E-state index >= 15 is 0 Å². The number of para-hydroxylation sites is 1. The molecular formula is C19H13F3N4O. The molecule has 8 heteroatoms. The van der Waals surface area contributed by atoms with E-state index in [1.54, 1.807) is 24.3 Å². The summed E-state index contributed by atoms with van der Waals surface area (Å²) in [6.45, 7) is 0.137. The van der Waals surface area contributed by atoms with Gasteiger partial charge in [0.25, 0.3) is 0 Å². The van der Waals surface area contributed by atoms with Crippen LogP contribution < -0.4 is 5.32 Å². The summed E-state index contributed by atoms with van der Waals surface area (Å²) in [6.07, 6.45) is -4.63. The lowest BCUT2D eigenvalue weighted by Crippen LogP contribution is -2.13. The Labute approximate surface area is 151 Å². The molecule has 0 aliphatic carbocycles. The van der Waals surface area contributed by atoms with Gasteiger partial charge in [-0.3, -0.25) is 0 Å². The van der Waals surface area contributed by atoms with E-state index in [1.165, 1.54) is 6.07 Å². The minimum Gasteiger partial charge on any atom is -0.362 e. The van der Waals surface area contributed by atoms with E-state index in [0.717, 1.165) is 5.56 Å². The number of rotatable bonds is 4. The first-order valence-electron chi connectivity index (χ1n) is 8.09. The van der Waals surface area contributed by atoms with Crippen molar-refractivity contribution in [3.05, 3.63) is 72.2 Å². The number of alkyl halides is 3. The quantitative estimate of drug-likeness (QED) is 0.553. The highest BCUT2D eigenvalue weighted by Crippen LogP contribution is 2.30. The maximum atomic E-state index is 13.1. The Balaban J connectivity index is 1.61. The van der Waals surface area contributed by atoms with Crippen molar-refractivity contribution in [3.63, 3.8) is 0 Å². The van der Waals surface area contributed by atoms with Crippen LogP contribution in [0.4, 0.5) is 19.0 Å². The second-order valence-electron chi connectivity index (χ2n) is 5.81. The molecule has 2 aromatic carbocycles. The first-order chi connectivity index (χ1) is 13.0. The standard InChI is InChI=1S/C19H13F3N4O/c20-19(21,22)18-24-15-9-5-4-8-14(15)17(25-18)23-11-13-10-16(26-27-13)12-6-2-1-3-7-12/h1-10H,11H2,(H,23,24,25). The second kappa shape index (κ2) is 6.71. The van der Waals surface area contributed by atoms with E-state index < -0.39 is 12.0 Å². The molecular weight excluding hydrogens is 357 g/mol. The van der Waals surface area contributed by atoms with Crippen molar-refractivity contribution in [2.45, 2.75) is 12.7 Å². The monoisotopic (exact) mass is 370 g/mol. The van der Waals surface area contributed by atoms with Gasteiger partial charge in [0.05, 0.1) is 12.1 Å². The summed E-state index contributed by atoms with van der Waals surface area (Å²) in [6, 6.07) is 17.7. The number of hydrogen-bond donors (Lipinski definition) is 1. The number of aromatic nitrogens is 3. The van der Waals surface area contributed by atoms with E-state index in [4.69, 9.17) is 4.52 Å². The van der Waals surface area contributed by atoms with Crippen LogP contribution in [0.25, 0.3) is 22.2 Å². The van der Waals surface area contributed by atoms with Crippen LogP contribution in [0.1, 0.15) is 11.6 Å². The summed E-state index contributed by atoms with van der Waals surface area (Å²) in [7, 11) is 0. The van der Waals surface area contributed by atoms with Gasteiger partial charge in [0.1, 0.15) is 11.5 Å². The molecule has 0 atom stereocenters. The molecule has 0 amide bonds. The largest absolute Gasteiger partial charge is 0.451 e. The first-order valence-corrected chi connectivity index (χ1v) is 8.09. The van der Waals surface area contributed by atoms with Crippen molar-refractivity contribution in [3.8, 4) is 11.3 Å². The van der Waals surface area contributed by atoms with Gasteiger partial charge in [-0.05, 0) is 12.1 Å². The zero-order chi connectivity index (χ0) is 18.9. The van der Waals surface area contributed by atoms with Gasteiger partial charge < -0.3 is 9.84 Å². The lowest BCUT2D eigenvalue weighted by atomic mass is 10.1. The van der Waals surface area contributed by atoms with E-state index in [0.29, 0.717) is 16.8 Å². The summed E-state index contributed by atoms with van der Waals surface area (Å²) in [5, 5.41) is 7.38. The summed E-state index contributed by atoms with van der Waals surface area (Å²) < 4.78 is 44.5. The molecule has 1 N–H and O–H groups in total. The molecule has 4 aromatic rings. The zero-order valence-electron chi connectivity index (χ0n) is 13.9. The average molecular weight is 370 g/mol. The van der Waals surface area contributed by atoms with Crippen LogP contribution >= 0.6 is 0 Å². The molecule has 0 fully saturated rings. The number of fused-ring (bicyclic) bond motifs is 1. The van der Waals surface area contributed by atoms with Crippen LogP contribution in [0.2, 0.25) is 0 Å². The fourth-order valence-electron chi connectivity index (χ4n) is 2.65. The van der Waals surface area contributed by atoms with E-state index in [2.05, 4.69) is 20.4 Å². The van der Waals surface area contributed by atoms with E-state index in [9.17, 15) is 13.2 Å². The predicted molar refractivity (Wildman–Crippen MR) is 93.8 cm³/mol. The molecule has 0 radical (unpaired) electrons. The van der Waals surface area contributed by atoms with Gasteiger partial charge in [0, 0.05) is 17.0 Å². The number of nitrogens with zero attached hydrogens (tertiary/aromatic N) is 3. The molecule has 0 unspecified atom stereocenters. The molecule has 0 spiro atoms. The normalized spacial score (nSPS) is 11.7. The molecule has 0 bridgehead atoms. The molecule has 27 heavy (non-hydrogen) atoms. The minimum atomic E-state index is -4.63. The van der Waals surface area contributed by atoms with Crippen molar-refractivity contribution in [2.24, 2.45) is 0 Å². The maximum absolute atomic E-state index is 13.1. The van der Waals surface area contributed by atoms with Crippen LogP contribution in [0.5, 0.6) is 0 Å². The number of nitrogens with one attached hydrogen (secondary N) is 1. The third-order valence-electron chi connectivity index (χ3n) is 3.92. The fourth-order valence-corrected chi connectivity index (χ4v) is 2.65. The Morgan fingerprint density at radius 1 is 0.926 bits per heavy atom. The Morgan fingerprint density at radius 3 is 2.44 bits per heavy atom. The number of benzene rings is 2. The SMILES string of the molecule is FC(F)(F)c1nc(NCc2cc(-c3ccccc3)no2)c2ccccc2n1. The van der Waals surface area contributed by atoms with Crippen molar-refractivity contribution in [2.75, 3.05) is 5.32 Å². The van der Waals surface area contributed by atoms with Gasteiger partial charge >= 0.3 is 6.18 Å². The number of hydrogen-bond acceptors (Lipinski definition) is 5. The molecule has 136 valence electrons. The highest BCUT2D eigenvalue weighted by atomic mass is 19.4. The summed E-state index contributed by atoms with van der Waals surface area (Å²) >= 11 is 0. The summed E-state index contributed by atoms with van der Waals surface area (Å²) in [4.78, 5) is 7.24. The van der Waals surface area contributed by atoms with Crippen molar-refractivity contribution in [1.29, 1.82) is 0 Å². The summed E-state index contributed by atoms with van der Waals surface area (Å²) in [5.74, 6) is -0.623. The lowest BCUT2D eigenvalue weighted by Gasteiger charge is -2.11. The molecule has 2 heterocycles. The number of halogens is 3. The molecule has 0 aliphatic rings. The smallest absolute Gasteiger partial charge is 0.362 e. The van der Waals surface area contributed by atoms with E-state index in [1.807, 2.05) is 30.3 Å². The van der Waals surface area contributed by atoms with Gasteiger partial charge in [-0.2, -0.15) is 13.2 Å². The van der Waals surface area contributed by atoms with Crippen molar-refractivity contribution in [1.82, 2.24) is 15.1 Å². The Bertz CT molecular complexity index is 1080. The van der Waals surface area contributed by atoms with Crippen molar-refractivity contribution >= 4 is 16.7 Å². The van der Waals surface area contributed by atoms with Crippen LogP contribution in [0.3, 0.4) is 0 Å². The van der Waals surface area contributed by atoms with Gasteiger partial charge in [-0.15, -0.1) is 0 Å².